The van der Waals surface area contributed by atoms with Crippen LogP contribution in [0.1, 0.15) is 6.92 Å². The predicted molar refractivity (Wildman–Crippen MR) is 81.7 cm³/mol. The van der Waals surface area contributed by atoms with Gasteiger partial charge in [-0.3, -0.25) is 4.99 Å². The number of allylic oxidation sites excluding steroid dienone is 1. The third-order valence-electron chi connectivity index (χ3n) is 2.07. The Morgan fingerprint density at radius 2 is 2.10 bits per heavy atom. The van der Waals surface area contributed by atoms with E-state index in [4.69, 9.17) is 11.0 Å². The SMILES string of the molecule is C/C(=N/C(N)=O)N(C#N)/C=C(Br)\C=N\c1ccccc1. The molecule has 102 valence electrons. The number of aliphatic imine (C=N–C) groups is 2. The summed E-state index contributed by atoms with van der Waals surface area (Å²) in [6, 6.07) is 8.47. The van der Waals surface area contributed by atoms with Crippen LogP contribution in [-0.4, -0.2) is 23.0 Å². The number of para-hydroxylation sites is 1. The van der Waals surface area contributed by atoms with Gasteiger partial charge in [0.15, 0.2) is 6.19 Å². The average molecular weight is 334 g/mol. The van der Waals surface area contributed by atoms with E-state index in [1.54, 1.807) is 0 Å². The summed E-state index contributed by atoms with van der Waals surface area (Å²) in [5, 5.41) is 8.98. The van der Waals surface area contributed by atoms with Crippen molar-refractivity contribution >= 4 is 39.7 Å². The molecule has 0 aliphatic carbocycles. The molecule has 20 heavy (non-hydrogen) atoms. The average Bonchev–Trinajstić information content (AvgIpc) is 2.42. The van der Waals surface area contributed by atoms with Gasteiger partial charge in [-0.05, 0) is 35.0 Å². The molecule has 0 aliphatic heterocycles. The number of hydrogen-bond donors (Lipinski definition) is 1. The smallest absolute Gasteiger partial charge is 0.340 e. The molecular weight excluding hydrogens is 322 g/mol. The molecule has 6 nitrogen and oxygen atoms in total. The van der Waals surface area contributed by atoms with Crippen molar-refractivity contribution in [1.82, 2.24) is 4.90 Å². The molecule has 7 heteroatoms. The van der Waals surface area contributed by atoms with Crippen LogP contribution in [0.3, 0.4) is 0 Å². The van der Waals surface area contributed by atoms with E-state index in [0.29, 0.717) is 4.48 Å². The fourth-order valence-corrected chi connectivity index (χ4v) is 1.52. The number of nitrogens with two attached hydrogens (primary N) is 1. The van der Waals surface area contributed by atoms with E-state index in [1.165, 1.54) is 19.3 Å². The zero-order valence-corrected chi connectivity index (χ0v) is 12.3. The Bertz CT molecular complexity index is 601. The zero-order chi connectivity index (χ0) is 15.0. The Labute approximate surface area is 125 Å². The summed E-state index contributed by atoms with van der Waals surface area (Å²) in [6.07, 6.45) is 4.84. The maximum Gasteiger partial charge on any atom is 0.340 e. The van der Waals surface area contributed by atoms with Crippen LogP contribution in [0, 0.1) is 11.5 Å². The van der Waals surface area contributed by atoms with E-state index in [9.17, 15) is 4.79 Å². The van der Waals surface area contributed by atoms with Crippen molar-refractivity contribution in [3.05, 3.63) is 41.0 Å². The first-order valence-corrected chi connectivity index (χ1v) is 6.32. The topological polar surface area (TPSA) is 94.8 Å². The quantitative estimate of drug-likeness (QED) is 0.398. The van der Waals surface area contributed by atoms with Gasteiger partial charge in [0.25, 0.3) is 0 Å². The molecular formula is C13H12BrN5O. The van der Waals surface area contributed by atoms with Gasteiger partial charge in [-0.15, -0.1) is 0 Å². The molecule has 0 bridgehead atoms. The molecule has 2 amide bonds. The molecule has 2 N–H and O–H groups in total. The summed E-state index contributed by atoms with van der Waals surface area (Å²) in [4.78, 5) is 19.4. The number of carbonyl (C=O) groups is 1. The molecule has 0 aromatic heterocycles. The number of primary amides is 1. The van der Waals surface area contributed by atoms with Crippen LogP contribution in [0.5, 0.6) is 0 Å². The van der Waals surface area contributed by atoms with E-state index in [1.807, 2.05) is 36.5 Å². The molecule has 1 aromatic carbocycles. The van der Waals surface area contributed by atoms with Crippen molar-refractivity contribution in [2.45, 2.75) is 6.92 Å². The van der Waals surface area contributed by atoms with Crippen LogP contribution in [0.15, 0.2) is 51.0 Å². The maximum absolute atomic E-state index is 10.7. The molecule has 1 aromatic rings. The van der Waals surface area contributed by atoms with Gasteiger partial charge in [0.2, 0.25) is 0 Å². The Morgan fingerprint density at radius 3 is 2.65 bits per heavy atom. The van der Waals surface area contributed by atoms with Gasteiger partial charge in [-0.1, -0.05) is 18.2 Å². The summed E-state index contributed by atoms with van der Waals surface area (Å²) < 4.78 is 0.543. The first-order chi connectivity index (χ1) is 9.52. The minimum absolute atomic E-state index is 0.171. The van der Waals surface area contributed by atoms with Crippen molar-refractivity contribution < 1.29 is 4.79 Å². The number of halogens is 1. The Balaban J connectivity index is 2.84. The highest BCUT2D eigenvalue weighted by Crippen LogP contribution is 2.12. The second kappa shape index (κ2) is 7.86. The lowest BCUT2D eigenvalue weighted by Gasteiger charge is -2.08. The molecule has 1 rings (SSSR count). The molecule has 0 saturated heterocycles. The summed E-state index contributed by atoms with van der Waals surface area (Å²) in [5.74, 6) is 0.171. The number of carbonyl (C=O) groups excluding carboxylic acids is 1. The Kier molecular flexibility index (Phi) is 6.13. The summed E-state index contributed by atoms with van der Waals surface area (Å²) in [5.41, 5.74) is 5.71. The van der Waals surface area contributed by atoms with Gasteiger partial charge in [-0.2, -0.15) is 10.3 Å². The van der Waals surface area contributed by atoms with Gasteiger partial charge in [-0.25, -0.2) is 9.69 Å². The lowest BCUT2D eigenvalue weighted by atomic mass is 10.3. The van der Waals surface area contributed by atoms with Crippen molar-refractivity contribution in [1.29, 1.82) is 5.26 Å². The second-order valence-corrected chi connectivity index (χ2v) is 4.49. The molecule has 0 fully saturated rings. The number of amidine groups is 1. The second-order valence-electron chi connectivity index (χ2n) is 3.57. The molecule has 0 spiro atoms. The maximum atomic E-state index is 10.7. The lowest BCUT2D eigenvalue weighted by Crippen LogP contribution is -2.20. The first kappa shape index (κ1) is 15.6. The number of nitriles is 1. The molecule has 0 heterocycles. The van der Waals surface area contributed by atoms with Crippen LogP contribution in [0.25, 0.3) is 0 Å². The third-order valence-corrected chi connectivity index (χ3v) is 2.48. The van der Waals surface area contributed by atoms with E-state index in [0.717, 1.165) is 10.6 Å². The van der Waals surface area contributed by atoms with Crippen LogP contribution in [0.2, 0.25) is 0 Å². The minimum Gasteiger partial charge on any atom is -0.350 e. The van der Waals surface area contributed by atoms with Gasteiger partial charge < -0.3 is 5.73 Å². The molecule has 0 atom stereocenters. The van der Waals surface area contributed by atoms with E-state index < -0.39 is 6.03 Å². The van der Waals surface area contributed by atoms with Gasteiger partial charge in [0, 0.05) is 12.4 Å². The van der Waals surface area contributed by atoms with Crippen LogP contribution in [0.4, 0.5) is 10.5 Å². The monoisotopic (exact) mass is 333 g/mol. The van der Waals surface area contributed by atoms with E-state index in [-0.39, 0.29) is 5.84 Å². The van der Waals surface area contributed by atoms with Crippen LogP contribution in [-0.2, 0) is 0 Å². The van der Waals surface area contributed by atoms with Crippen molar-refractivity contribution in [3.63, 3.8) is 0 Å². The largest absolute Gasteiger partial charge is 0.350 e. The Morgan fingerprint density at radius 1 is 1.45 bits per heavy atom. The number of nitrogens with zero attached hydrogens (tertiary/aromatic N) is 4. The van der Waals surface area contributed by atoms with E-state index in [2.05, 4.69) is 25.9 Å². The zero-order valence-electron chi connectivity index (χ0n) is 10.7. The standard InChI is InChI=1S/C13H12BrN5O/c1-10(18-13(16)20)19(9-15)8-11(14)7-17-12-5-3-2-4-6-12/h2-8H,1H3,(H2,16,20)/b11-8+,17-7+,18-10-. The Hall–Kier alpha value is -2.46. The fourth-order valence-electron chi connectivity index (χ4n) is 1.21. The van der Waals surface area contributed by atoms with E-state index >= 15 is 0 Å². The normalized spacial score (nSPS) is 12.2. The van der Waals surface area contributed by atoms with Crippen LogP contribution >= 0.6 is 15.9 Å². The predicted octanol–water partition coefficient (Wildman–Crippen LogP) is 2.91. The first-order valence-electron chi connectivity index (χ1n) is 5.53. The number of rotatable bonds is 3. The van der Waals surface area contributed by atoms with Crippen molar-refractivity contribution in [3.8, 4) is 6.19 Å². The van der Waals surface area contributed by atoms with Crippen LogP contribution < -0.4 is 5.73 Å². The highest BCUT2D eigenvalue weighted by Gasteiger charge is 2.04. The lowest BCUT2D eigenvalue weighted by molar-refractivity contribution is 0.256. The summed E-state index contributed by atoms with van der Waals surface area (Å²) in [6.45, 7) is 1.50. The van der Waals surface area contributed by atoms with Gasteiger partial charge >= 0.3 is 6.03 Å². The van der Waals surface area contributed by atoms with Gasteiger partial charge in [0.1, 0.15) is 5.84 Å². The fraction of sp³-hybridized carbons (Fsp3) is 0.0769. The minimum atomic E-state index is -0.856. The molecule has 0 aliphatic rings. The van der Waals surface area contributed by atoms with Gasteiger partial charge in [0.05, 0.1) is 10.2 Å². The number of benzene rings is 1. The molecule has 0 unspecified atom stereocenters. The molecule has 0 saturated carbocycles. The molecule has 0 radical (unpaired) electrons. The summed E-state index contributed by atoms with van der Waals surface area (Å²) in [7, 11) is 0. The van der Waals surface area contributed by atoms with Crippen molar-refractivity contribution in [2.75, 3.05) is 0 Å². The van der Waals surface area contributed by atoms with Crippen molar-refractivity contribution in [2.24, 2.45) is 15.7 Å². The highest BCUT2D eigenvalue weighted by molar-refractivity contribution is 9.12. The number of hydrogen-bond acceptors (Lipinski definition) is 3. The number of amides is 2. The highest BCUT2D eigenvalue weighted by atomic mass is 79.9. The third kappa shape index (κ3) is 5.46. The number of urea groups is 1. The summed E-state index contributed by atoms with van der Waals surface area (Å²) >= 11 is 3.26.